The molecular weight excluding hydrogens is 504 g/mol. The number of hydrogen-bond donors (Lipinski definition) is 2. The van der Waals surface area contributed by atoms with E-state index >= 15 is 0 Å². The molecule has 0 unspecified atom stereocenters. The summed E-state index contributed by atoms with van der Waals surface area (Å²) in [6, 6.07) is 15.8. The molecule has 1 aliphatic rings. The van der Waals surface area contributed by atoms with Crippen LogP contribution in [0, 0.1) is 13.8 Å². The molecule has 2 aromatic carbocycles. The minimum Gasteiger partial charge on any atom is -0.394 e. The molecule has 0 amide bonds. The molecule has 2 aromatic heterocycles. The normalized spacial score (nSPS) is 23.3. The van der Waals surface area contributed by atoms with Crippen molar-refractivity contribution in [3.63, 3.8) is 0 Å². The number of aliphatic hydroxyl groups is 2. The number of hydrogen-bond acceptors (Lipinski definition) is 10. The Labute approximate surface area is 225 Å². The molecular formula is C27H32N6O6. The van der Waals surface area contributed by atoms with Crippen molar-refractivity contribution in [1.29, 1.82) is 0 Å². The van der Waals surface area contributed by atoms with Crippen molar-refractivity contribution in [2.45, 2.75) is 57.8 Å². The molecule has 0 spiro atoms. The number of aryl methyl sites for hydroxylation is 2. The molecule has 0 saturated carbocycles. The van der Waals surface area contributed by atoms with Crippen LogP contribution in [-0.2, 0) is 32.2 Å². The number of aliphatic hydroxyl groups excluding tert-OH is 2. The molecule has 12 nitrogen and oxygen atoms in total. The van der Waals surface area contributed by atoms with E-state index in [0.29, 0.717) is 11.4 Å². The lowest BCUT2D eigenvalue weighted by molar-refractivity contribution is -0.314. The van der Waals surface area contributed by atoms with Gasteiger partial charge in [0, 0.05) is 7.11 Å². The highest BCUT2D eigenvalue weighted by Crippen LogP contribution is 2.28. The Bertz CT molecular complexity index is 1340. The molecule has 1 fully saturated rings. The Morgan fingerprint density at radius 2 is 1.28 bits per heavy atom. The first kappa shape index (κ1) is 27.1. The molecule has 5 rings (SSSR count). The minimum absolute atomic E-state index is 0.0473. The summed E-state index contributed by atoms with van der Waals surface area (Å²) in [5, 5.41) is 37.5. The molecule has 206 valence electrons. The molecule has 12 heteroatoms. The molecule has 0 aliphatic carbocycles. The molecule has 2 N–H and O–H groups in total. The largest absolute Gasteiger partial charge is 0.394 e. The number of benzene rings is 2. The Kier molecular flexibility index (Phi) is 8.41. The van der Waals surface area contributed by atoms with Crippen LogP contribution in [0.5, 0.6) is 0 Å². The fourth-order valence-corrected chi connectivity index (χ4v) is 4.34. The predicted octanol–water partition coefficient (Wildman–Crippen LogP) is 1.66. The lowest BCUT2D eigenvalue weighted by atomic mass is 9.98. The highest BCUT2D eigenvalue weighted by molar-refractivity contribution is 5.34. The van der Waals surface area contributed by atoms with Gasteiger partial charge in [-0.3, -0.25) is 0 Å². The van der Waals surface area contributed by atoms with Crippen molar-refractivity contribution in [2.24, 2.45) is 0 Å². The van der Waals surface area contributed by atoms with Crippen LogP contribution in [0.25, 0.3) is 11.4 Å². The standard InChI is InChI=1S/C27H32N6O6/c1-17-4-8-21(9-5-17)32-12-19(28-30-32)15-37-25-24(35)23(14-34)39-27(36-3)26(25)38-16-20-13-33(31-29-20)22-10-6-18(2)7-11-22/h4-13,23-27,34-35H,14-16H2,1-3H3/t23-,24-,25+,26-,27+/m1/s1. The lowest BCUT2D eigenvalue weighted by Gasteiger charge is -2.43. The number of aromatic nitrogens is 6. The highest BCUT2D eigenvalue weighted by Gasteiger charge is 2.47. The van der Waals surface area contributed by atoms with Gasteiger partial charge in [0.1, 0.15) is 35.8 Å². The molecule has 5 atom stereocenters. The zero-order chi connectivity index (χ0) is 27.4. The van der Waals surface area contributed by atoms with Gasteiger partial charge >= 0.3 is 0 Å². The third-order valence-corrected chi connectivity index (χ3v) is 6.56. The van der Waals surface area contributed by atoms with E-state index in [9.17, 15) is 10.2 Å². The van der Waals surface area contributed by atoms with E-state index < -0.39 is 37.3 Å². The van der Waals surface area contributed by atoms with Crippen LogP contribution in [-0.4, -0.2) is 84.6 Å². The fourth-order valence-electron chi connectivity index (χ4n) is 4.34. The Morgan fingerprint density at radius 3 is 1.74 bits per heavy atom. The third-order valence-electron chi connectivity index (χ3n) is 6.56. The summed E-state index contributed by atoms with van der Waals surface area (Å²) in [4.78, 5) is 0. The van der Waals surface area contributed by atoms with Crippen LogP contribution in [0.3, 0.4) is 0 Å². The lowest BCUT2D eigenvalue weighted by Crippen LogP contribution is -2.60. The number of rotatable bonds is 10. The zero-order valence-electron chi connectivity index (χ0n) is 22.0. The van der Waals surface area contributed by atoms with E-state index in [1.54, 1.807) is 21.8 Å². The second kappa shape index (κ2) is 12.1. The zero-order valence-corrected chi connectivity index (χ0v) is 22.0. The summed E-state index contributed by atoms with van der Waals surface area (Å²) in [6.45, 7) is 3.73. The Balaban J connectivity index is 1.28. The molecule has 0 radical (unpaired) electrons. The van der Waals surface area contributed by atoms with Gasteiger partial charge in [0.2, 0.25) is 0 Å². The first-order chi connectivity index (χ1) is 18.9. The van der Waals surface area contributed by atoms with E-state index in [0.717, 1.165) is 22.5 Å². The third kappa shape index (κ3) is 6.22. The van der Waals surface area contributed by atoms with E-state index in [1.165, 1.54) is 7.11 Å². The first-order valence-corrected chi connectivity index (χ1v) is 12.6. The van der Waals surface area contributed by atoms with Gasteiger partial charge in [0.15, 0.2) is 6.29 Å². The number of ether oxygens (including phenoxy) is 4. The van der Waals surface area contributed by atoms with Gasteiger partial charge in [-0.25, -0.2) is 9.36 Å². The summed E-state index contributed by atoms with van der Waals surface area (Å²) >= 11 is 0. The van der Waals surface area contributed by atoms with E-state index in [1.807, 2.05) is 62.4 Å². The molecule has 0 bridgehead atoms. The average Bonchev–Trinajstić information content (AvgIpc) is 3.62. The van der Waals surface area contributed by atoms with Gasteiger partial charge in [0.25, 0.3) is 0 Å². The van der Waals surface area contributed by atoms with Gasteiger partial charge in [-0.2, -0.15) is 0 Å². The van der Waals surface area contributed by atoms with Crippen LogP contribution in [0.15, 0.2) is 60.9 Å². The van der Waals surface area contributed by atoms with Crippen LogP contribution in [0.2, 0.25) is 0 Å². The maximum absolute atomic E-state index is 11.0. The summed E-state index contributed by atoms with van der Waals surface area (Å²) in [6.07, 6.45) is -1.19. The summed E-state index contributed by atoms with van der Waals surface area (Å²) in [7, 11) is 1.46. The number of methoxy groups -OCH3 is 1. The van der Waals surface area contributed by atoms with Gasteiger partial charge in [-0.1, -0.05) is 45.8 Å². The maximum Gasteiger partial charge on any atom is 0.186 e. The average molecular weight is 537 g/mol. The minimum atomic E-state index is -1.18. The van der Waals surface area contributed by atoms with E-state index in [-0.39, 0.29) is 13.2 Å². The van der Waals surface area contributed by atoms with Crippen LogP contribution in [0.4, 0.5) is 0 Å². The molecule has 4 aromatic rings. The summed E-state index contributed by atoms with van der Waals surface area (Å²) in [5.41, 5.74) is 5.16. The first-order valence-electron chi connectivity index (χ1n) is 12.6. The van der Waals surface area contributed by atoms with Gasteiger partial charge in [-0.05, 0) is 38.1 Å². The van der Waals surface area contributed by atoms with Crippen molar-refractivity contribution in [1.82, 2.24) is 30.0 Å². The van der Waals surface area contributed by atoms with Gasteiger partial charge in [-0.15, -0.1) is 10.2 Å². The molecule has 39 heavy (non-hydrogen) atoms. The second-order valence-electron chi connectivity index (χ2n) is 9.48. The van der Waals surface area contributed by atoms with Crippen LogP contribution in [0.1, 0.15) is 22.5 Å². The highest BCUT2D eigenvalue weighted by atomic mass is 16.7. The van der Waals surface area contributed by atoms with Gasteiger partial charge < -0.3 is 29.2 Å². The van der Waals surface area contributed by atoms with E-state index in [2.05, 4.69) is 20.6 Å². The van der Waals surface area contributed by atoms with Crippen LogP contribution >= 0.6 is 0 Å². The quantitative estimate of drug-likeness (QED) is 0.308. The molecule has 1 aliphatic heterocycles. The summed E-state index contributed by atoms with van der Waals surface area (Å²) < 4.78 is 26.8. The van der Waals surface area contributed by atoms with Crippen molar-refractivity contribution in [3.8, 4) is 11.4 Å². The van der Waals surface area contributed by atoms with E-state index in [4.69, 9.17) is 18.9 Å². The van der Waals surface area contributed by atoms with Crippen molar-refractivity contribution >= 4 is 0 Å². The maximum atomic E-state index is 11.0. The second-order valence-corrected chi connectivity index (χ2v) is 9.48. The monoisotopic (exact) mass is 536 g/mol. The van der Waals surface area contributed by atoms with Crippen molar-refractivity contribution in [3.05, 3.63) is 83.4 Å². The number of nitrogens with zero attached hydrogens (tertiary/aromatic N) is 6. The molecule has 3 heterocycles. The molecule has 1 saturated heterocycles. The van der Waals surface area contributed by atoms with Crippen molar-refractivity contribution in [2.75, 3.05) is 13.7 Å². The predicted molar refractivity (Wildman–Crippen MR) is 138 cm³/mol. The van der Waals surface area contributed by atoms with Crippen molar-refractivity contribution < 1.29 is 29.2 Å². The fraction of sp³-hybridized carbons (Fsp3) is 0.407. The SMILES string of the molecule is CO[C@H]1O[C@H](CO)[C@@H](O)[C@H](OCc2cn(-c3ccc(C)cc3)nn2)[C@H]1OCc1cn(-c2ccc(C)cc2)nn1. The van der Waals surface area contributed by atoms with Crippen LogP contribution < -0.4 is 0 Å². The Hall–Kier alpha value is -3.52. The van der Waals surface area contributed by atoms with Gasteiger partial charge in [0.05, 0.1) is 43.6 Å². The topological polar surface area (TPSA) is 139 Å². The smallest absolute Gasteiger partial charge is 0.186 e. The summed E-state index contributed by atoms with van der Waals surface area (Å²) in [5.74, 6) is 0. The Morgan fingerprint density at radius 1 is 0.795 bits per heavy atom.